The van der Waals surface area contributed by atoms with Crippen LogP contribution in [0.4, 0.5) is 5.69 Å². The van der Waals surface area contributed by atoms with E-state index in [9.17, 15) is 10.0 Å². The van der Waals surface area contributed by atoms with Crippen LogP contribution in [-0.4, -0.2) is 14.7 Å². The van der Waals surface area contributed by atoms with Crippen molar-refractivity contribution in [2.45, 2.75) is 0 Å². The standard InChI is InChI=1S/C17H13N3O2/c1-20-13-9-5-3-7-11(13)14(17(20)21)16-15(19-22)10-6-2-4-8-12(10)18-16/h2-9,18,21H,1H3. The van der Waals surface area contributed by atoms with Crippen LogP contribution in [0.25, 0.3) is 33.1 Å². The normalized spacial score (nSPS) is 11.3. The number of nitroso groups, excluding NO2 is 1. The third-order valence-electron chi connectivity index (χ3n) is 4.10. The number of hydrogen-bond acceptors (Lipinski definition) is 3. The molecular weight excluding hydrogens is 278 g/mol. The minimum absolute atomic E-state index is 0.109. The number of aromatic hydroxyl groups is 1. The van der Waals surface area contributed by atoms with Crippen LogP contribution in [0.2, 0.25) is 0 Å². The maximum absolute atomic E-state index is 11.4. The van der Waals surface area contributed by atoms with Gasteiger partial charge in [0.2, 0.25) is 5.88 Å². The van der Waals surface area contributed by atoms with Crippen molar-refractivity contribution >= 4 is 27.5 Å². The minimum Gasteiger partial charge on any atom is -0.494 e. The van der Waals surface area contributed by atoms with Gasteiger partial charge in [-0.25, -0.2) is 0 Å². The Morgan fingerprint density at radius 2 is 1.73 bits per heavy atom. The van der Waals surface area contributed by atoms with E-state index in [1.54, 1.807) is 11.6 Å². The number of aromatic amines is 1. The Kier molecular flexibility index (Phi) is 2.56. The first-order valence-electron chi connectivity index (χ1n) is 6.93. The Morgan fingerprint density at radius 1 is 1.05 bits per heavy atom. The molecule has 0 saturated carbocycles. The molecule has 22 heavy (non-hydrogen) atoms. The van der Waals surface area contributed by atoms with Gasteiger partial charge in [0.25, 0.3) is 0 Å². The smallest absolute Gasteiger partial charge is 0.201 e. The summed E-state index contributed by atoms with van der Waals surface area (Å²) in [6.07, 6.45) is 0. The van der Waals surface area contributed by atoms with Crippen LogP contribution in [0.15, 0.2) is 53.7 Å². The number of hydrogen-bond donors (Lipinski definition) is 2. The lowest BCUT2D eigenvalue weighted by Crippen LogP contribution is -1.85. The van der Waals surface area contributed by atoms with Crippen LogP contribution in [0, 0.1) is 4.91 Å². The summed E-state index contributed by atoms with van der Waals surface area (Å²) in [5.74, 6) is 0.109. The summed E-state index contributed by atoms with van der Waals surface area (Å²) in [5.41, 5.74) is 3.18. The van der Waals surface area contributed by atoms with E-state index in [1.165, 1.54) is 0 Å². The molecule has 108 valence electrons. The van der Waals surface area contributed by atoms with Gasteiger partial charge >= 0.3 is 0 Å². The fraction of sp³-hybridized carbons (Fsp3) is 0.0588. The fourth-order valence-electron chi connectivity index (χ4n) is 3.03. The molecule has 0 spiro atoms. The zero-order valence-corrected chi connectivity index (χ0v) is 11.9. The van der Waals surface area contributed by atoms with E-state index in [0.717, 1.165) is 21.8 Å². The molecule has 0 aliphatic heterocycles. The highest BCUT2D eigenvalue weighted by Gasteiger charge is 2.22. The van der Waals surface area contributed by atoms with E-state index in [4.69, 9.17) is 0 Å². The number of para-hydroxylation sites is 2. The number of rotatable bonds is 2. The molecule has 2 aromatic heterocycles. The van der Waals surface area contributed by atoms with Crippen molar-refractivity contribution in [3.63, 3.8) is 0 Å². The minimum atomic E-state index is 0.109. The molecule has 2 N–H and O–H groups in total. The Balaban J connectivity index is 2.16. The van der Waals surface area contributed by atoms with E-state index < -0.39 is 0 Å². The van der Waals surface area contributed by atoms with E-state index >= 15 is 0 Å². The molecule has 0 amide bonds. The number of H-pyrrole nitrogens is 1. The largest absolute Gasteiger partial charge is 0.494 e. The predicted molar refractivity (Wildman–Crippen MR) is 87.3 cm³/mol. The van der Waals surface area contributed by atoms with Gasteiger partial charge in [-0.1, -0.05) is 36.4 Å². The number of aromatic nitrogens is 2. The molecule has 0 unspecified atom stereocenters. The van der Waals surface area contributed by atoms with Gasteiger partial charge in [0.1, 0.15) is 5.69 Å². The van der Waals surface area contributed by atoms with Crippen molar-refractivity contribution < 1.29 is 5.11 Å². The maximum Gasteiger partial charge on any atom is 0.201 e. The second-order valence-corrected chi connectivity index (χ2v) is 5.26. The summed E-state index contributed by atoms with van der Waals surface area (Å²) < 4.78 is 1.70. The van der Waals surface area contributed by atoms with Gasteiger partial charge in [0.05, 0.1) is 16.8 Å². The third kappa shape index (κ3) is 1.53. The lowest BCUT2D eigenvalue weighted by Gasteiger charge is -1.99. The van der Waals surface area contributed by atoms with Crippen molar-refractivity contribution in [1.82, 2.24) is 9.55 Å². The van der Waals surface area contributed by atoms with Crippen LogP contribution < -0.4 is 0 Å². The molecule has 0 aliphatic carbocycles. The van der Waals surface area contributed by atoms with Gasteiger partial charge in [-0.3, -0.25) is 0 Å². The van der Waals surface area contributed by atoms with Crippen LogP contribution in [-0.2, 0) is 7.05 Å². The third-order valence-corrected chi connectivity index (χ3v) is 4.10. The van der Waals surface area contributed by atoms with Gasteiger partial charge in [-0.15, -0.1) is 4.91 Å². The summed E-state index contributed by atoms with van der Waals surface area (Å²) in [5, 5.41) is 15.3. The van der Waals surface area contributed by atoms with Crippen LogP contribution >= 0.6 is 0 Å². The Bertz CT molecular complexity index is 1030. The first-order chi connectivity index (χ1) is 10.7. The molecule has 0 atom stereocenters. The predicted octanol–water partition coefficient (Wildman–Crippen LogP) is 4.43. The second kappa shape index (κ2) is 4.46. The molecule has 5 heteroatoms. The molecular formula is C17H13N3O2. The van der Waals surface area contributed by atoms with Gasteiger partial charge in [-0.2, -0.15) is 0 Å². The zero-order chi connectivity index (χ0) is 15.3. The molecule has 2 aromatic carbocycles. The van der Waals surface area contributed by atoms with Gasteiger partial charge in [0, 0.05) is 23.3 Å². The number of nitrogens with one attached hydrogen (secondary N) is 1. The molecule has 4 rings (SSSR count). The Labute approximate surface area is 125 Å². The van der Waals surface area contributed by atoms with Gasteiger partial charge in [-0.05, 0) is 17.3 Å². The van der Waals surface area contributed by atoms with Crippen molar-refractivity contribution in [2.24, 2.45) is 12.2 Å². The van der Waals surface area contributed by atoms with E-state index in [-0.39, 0.29) is 5.88 Å². The quantitative estimate of drug-likeness (QED) is 0.536. The summed E-state index contributed by atoms with van der Waals surface area (Å²) in [7, 11) is 1.79. The molecule has 0 saturated heterocycles. The average Bonchev–Trinajstić information content (AvgIpc) is 3.03. The van der Waals surface area contributed by atoms with E-state index in [2.05, 4.69) is 10.2 Å². The van der Waals surface area contributed by atoms with Crippen molar-refractivity contribution in [3.8, 4) is 17.1 Å². The Hall–Kier alpha value is -3.08. The second-order valence-electron chi connectivity index (χ2n) is 5.26. The lowest BCUT2D eigenvalue weighted by atomic mass is 10.1. The molecule has 0 radical (unpaired) electrons. The summed E-state index contributed by atoms with van der Waals surface area (Å²) in [6, 6.07) is 15.1. The first kappa shape index (κ1) is 12.6. The van der Waals surface area contributed by atoms with Crippen LogP contribution in [0.1, 0.15) is 0 Å². The highest BCUT2D eigenvalue weighted by Crippen LogP contribution is 2.45. The number of aryl methyl sites for hydroxylation is 1. The summed E-state index contributed by atoms with van der Waals surface area (Å²) in [6.45, 7) is 0. The van der Waals surface area contributed by atoms with Crippen molar-refractivity contribution in [1.29, 1.82) is 0 Å². The summed E-state index contributed by atoms with van der Waals surface area (Å²) >= 11 is 0. The maximum atomic E-state index is 11.4. The topological polar surface area (TPSA) is 70.4 Å². The van der Waals surface area contributed by atoms with E-state index in [1.807, 2.05) is 48.5 Å². The lowest BCUT2D eigenvalue weighted by molar-refractivity contribution is 0.437. The molecule has 2 heterocycles. The number of fused-ring (bicyclic) bond motifs is 2. The molecule has 0 bridgehead atoms. The fourth-order valence-corrected chi connectivity index (χ4v) is 3.03. The molecule has 5 nitrogen and oxygen atoms in total. The molecule has 0 aliphatic rings. The first-order valence-corrected chi connectivity index (χ1v) is 6.93. The summed E-state index contributed by atoms with van der Waals surface area (Å²) in [4.78, 5) is 14.6. The SMILES string of the molecule is Cn1c(O)c(-c2[nH]c3ccccc3c2N=O)c2ccccc21. The number of nitrogens with zero attached hydrogens (tertiary/aromatic N) is 2. The average molecular weight is 291 g/mol. The van der Waals surface area contributed by atoms with Gasteiger partial charge in [0.15, 0.2) is 0 Å². The van der Waals surface area contributed by atoms with Crippen LogP contribution in [0.5, 0.6) is 5.88 Å². The van der Waals surface area contributed by atoms with Crippen molar-refractivity contribution in [3.05, 3.63) is 53.4 Å². The van der Waals surface area contributed by atoms with Crippen LogP contribution in [0.3, 0.4) is 0 Å². The van der Waals surface area contributed by atoms with Crippen molar-refractivity contribution in [2.75, 3.05) is 0 Å². The molecule has 0 fully saturated rings. The number of benzene rings is 2. The highest BCUT2D eigenvalue weighted by molar-refractivity contribution is 6.07. The molecule has 4 aromatic rings. The van der Waals surface area contributed by atoms with E-state index in [0.29, 0.717) is 16.9 Å². The highest BCUT2D eigenvalue weighted by atomic mass is 16.3. The Morgan fingerprint density at radius 3 is 2.50 bits per heavy atom. The monoisotopic (exact) mass is 291 g/mol. The zero-order valence-electron chi connectivity index (χ0n) is 11.9. The van der Waals surface area contributed by atoms with Gasteiger partial charge < -0.3 is 14.7 Å².